The second-order valence-electron chi connectivity index (χ2n) is 4.96. The Kier molecular flexibility index (Phi) is 5.57. The van der Waals surface area contributed by atoms with E-state index in [4.69, 9.17) is 5.73 Å². The van der Waals surface area contributed by atoms with Crippen LogP contribution in [-0.4, -0.2) is 23.4 Å². The predicted molar refractivity (Wildman–Crippen MR) is 72.8 cm³/mol. The van der Waals surface area contributed by atoms with Crippen molar-refractivity contribution < 1.29 is 14.1 Å². The van der Waals surface area contributed by atoms with Gasteiger partial charge in [0.25, 0.3) is 11.6 Å². The summed E-state index contributed by atoms with van der Waals surface area (Å²) in [6, 6.07) is 2.68. The van der Waals surface area contributed by atoms with Gasteiger partial charge in [-0.3, -0.25) is 14.9 Å². The summed E-state index contributed by atoms with van der Waals surface area (Å²) in [6.45, 7) is 4.22. The lowest BCUT2D eigenvalue weighted by Gasteiger charge is -2.18. The standard InChI is InChI=1S/C13H18FN3O3/c1-8(2)5-9(7-15)16-13(18)11-4-3-10(17(19)20)6-12(11)14/h3-4,6,8-9H,5,7,15H2,1-2H3,(H,16,18). The Labute approximate surface area is 116 Å². The van der Waals surface area contributed by atoms with E-state index in [2.05, 4.69) is 5.32 Å². The zero-order valence-electron chi connectivity index (χ0n) is 11.4. The van der Waals surface area contributed by atoms with E-state index in [0.717, 1.165) is 18.2 Å². The third-order valence-corrected chi connectivity index (χ3v) is 2.78. The average molecular weight is 283 g/mol. The maximum Gasteiger partial charge on any atom is 0.272 e. The van der Waals surface area contributed by atoms with Crippen LogP contribution >= 0.6 is 0 Å². The van der Waals surface area contributed by atoms with Crippen LogP contribution in [0.4, 0.5) is 10.1 Å². The Morgan fingerprint density at radius 2 is 2.15 bits per heavy atom. The van der Waals surface area contributed by atoms with Gasteiger partial charge >= 0.3 is 0 Å². The molecule has 1 aromatic carbocycles. The molecule has 0 aromatic heterocycles. The molecule has 0 radical (unpaired) electrons. The van der Waals surface area contributed by atoms with Crippen molar-refractivity contribution in [1.29, 1.82) is 0 Å². The van der Waals surface area contributed by atoms with Crippen molar-refractivity contribution in [3.63, 3.8) is 0 Å². The molecular weight excluding hydrogens is 265 g/mol. The smallest absolute Gasteiger partial charge is 0.272 e. The van der Waals surface area contributed by atoms with Crippen LogP contribution in [0.15, 0.2) is 18.2 Å². The Balaban J connectivity index is 2.84. The molecule has 3 N–H and O–H groups in total. The number of benzene rings is 1. The highest BCUT2D eigenvalue weighted by molar-refractivity contribution is 5.94. The minimum absolute atomic E-state index is 0.224. The fourth-order valence-corrected chi connectivity index (χ4v) is 1.85. The molecule has 1 atom stereocenters. The minimum atomic E-state index is -0.919. The zero-order chi connectivity index (χ0) is 15.3. The molecule has 0 saturated heterocycles. The largest absolute Gasteiger partial charge is 0.348 e. The quantitative estimate of drug-likeness (QED) is 0.614. The van der Waals surface area contributed by atoms with Crippen LogP contribution in [0.5, 0.6) is 0 Å². The van der Waals surface area contributed by atoms with Crippen molar-refractivity contribution in [2.45, 2.75) is 26.3 Å². The molecule has 0 saturated carbocycles. The number of nitrogens with two attached hydrogens (primary N) is 1. The number of nitrogens with zero attached hydrogens (tertiary/aromatic N) is 1. The first kappa shape index (κ1) is 16.0. The van der Waals surface area contributed by atoms with E-state index in [-0.39, 0.29) is 18.2 Å². The lowest BCUT2D eigenvalue weighted by Crippen LogP contribution is -2.41. The molecular formula is C13H18FN3O3. The van der Waals surface area contributed by atoms with E-state index in [0.29, 0.717) is 12.3 Å². The molecule has 0 aliphatic carbocycles. The maximum absolute atomic E-state index is 13.7. The Hall–Kier alpha value is -2.02. The monoisotopic (exact) mass is 283 g/mol. The zero-order valence-corrected chi connectivity index (χ0v) is 11.4. The third-order valence-electron chi connectivity index (χ3n) is 2.78. The van der Waals surface area contributed by atoms with Crippen LogP contribution in [0, 0.1) is 21.8 Å². The summed E-state index contributed by atoms with van der Waals surface area (Å²) in [7, 11) is 0. The molecule has 110 valence electrons. The van der Waals surface area contributed by atoms with Gasteiger partial charge in [0, 0.05) is 18.7 Å². The number of rotatable bonds is 6. The number of nitro groups is 1. The Bertz CT molecular complexity index is 506. The summed E-state index contributed by atoms with van der Waals surface area (Å²) < 4.78 is 13.7. The number of nitro benzene ring substituents is 1. The third kappa shape index (κ3) is 4.27. The molecule has 1 aromatic rings. The molecule has 1 amide bonds. The van der Waals surface area contributed by atoms with Crippen LogP contribution < -0.4 is 11.1 Å². The highest BCUT2D eigenvalue weighted by Gasteiger charge is 2.19. The summed E-state index contributed by atoms with van der Waals surface area (Å²) in [6.07, 6.45) is 0.677. The average Bonchev–Trinajstić information content (AvgIpc) is 2.36. The summed E-state index contributed by atoms with van der Waals surface area (Å²) in [5, 5.41) is 13.1. The SMILES string of the molecule is CC(C)CC(CN)NC(=O)c1ccc([N+](=O)[O-])cc1F. The van der Waals surface area contributed by atoms with Gasteiger partial charge in [0.05, 0.1) is 16.6 Å². The van der Waals surface area contributed by atoms with Gasteiger partial charge in [-0.1, -0.05) is 13.8 Å². The van der Waals surface area contributed by atoms with Crippen LogP contribution in [0.3, 0.4) is 0 Å². The summed E-state index contributed by atoms with van der Waals surface area (Å²) in [5.41, 5.74) is 4.94. The number of hydrogen-bond acceptors (Lipinski definition) is 4. The number of nitrogens with one attached hydrogen (secondary N) is 1. The van der Waals surface area contributed by atoms with Gasteiger partial charge in [-0.2, -0.15) is 0 Å². The number of carbonyl (C=O) groups excluding carboxylic acids is 1. The van der Waals surface area contributed by atoms with Crippen LogP contribution in [-0.2, 0) is 0 Å². The van der Waals surface area contributed by atoms with E-state index in [1.54, 1.807) is 0 Å². The molecule has 1 unspecified atom stereocenters. The fraction of sp³-hybridized carbons (Fsp3) is 0.462. The van der Waals surface area contributed by atoms with Crippen molar-refractivity contribution in [2.24, 2.45) is 11.7 Å². The first-order chi connectivity index (χ1) is 9.35. The normalized spacial score (nSPS) is 12.2. The van der Waals surface area contributed by atoms with Crippen molar-refractivity contribution >= 4 is 11.6 Å². The van der Waals surface area contributed by atoms with Gasteiger partial charge in [-0.05, 0) is 18.4 Å². The number of hydrogen-bond donors (Lipinski definition) is 2. The topological polar surface area (TPSA) is 98.3 Å². The molecule has 0 bridgehead atoms. The van der Waals surface area contributed by atoms with E-state index < -0.39 is 22.3 Å². The molecule has 0 aliphatic heterocycles. The Morgan fingerprint density at radius 1 is 1.50 bits per heavy atom. The predicted octanol–water partition coefficient (Wildman–Crippen LogP) is 1.84. The first-order valence-corrected chi connectivity index (χ1v) is 6.30. The van der Waals surface area contributed by atoms with Crippen LogP contribution in [0.2, 0.25) is 0 Å². The summed E-state index contributed by atoms with van der Waals surface area (Å²) in [4.78, 5) is 21.7. The summed E-state index contributed by atoms with van der Waals surface area (Å²) >= 11 is 0. The van der Waals surface area contributed by atoms with E-state index in [1.807, 2.05) is 13.8 Å². The minimum Gasteiger partial charge on any atom is -0.348 e. The van der Waals surface area contributed by atoms with Crippen molar-refractivity contribution in [1.82, 2.24) is 5.32 Å². The second kappa shape index (κ2) is 6.95. The first-order valence-electron chi connectivity index (χ1n) is 6.30. The Morgan fingerprint density at radius 3 is 2.60 bits per heavy atom. The maximum atomic E-state index is 13.7. The molecule has 20 heavy (non-hydrogen) atoms. The number of halogens is 1. The van der Waals surface area contributed by atoms with Gasteiger partial charge in [0.15, 0.2) is 0 Å². The highest BCUT2D eigenvalue weighted by Crippen LogP contribution is 2.17. The van der Waals surface area contributed by atoms with E-state index in [1.165, 1.54) is 0 Å². The lowest BCUT2D eigenvalue weighted by molar-refractivity contribution is -0.385. The molecule has 0 fully saturated rings. The second-order valence-corrected chi connectivity index (χ2v) is 4.96. The lowest BCUT2D eigenvalue weighted by atomic mass is 10.0. The van der Waals surface area contributed by atoms with Crippen molar-refractivity contribution in [3.8, 4) is 0 Å². The van der Waals surface area contributed by atoms with Gasteiger partial charge in [-0.15, -0.1) is 0 Å². The van der Waals surface area contributed by atoms with Gasteiger partial charge in [0.1, 0.15) is 5.82 Å². The molecule has 7 heteroatoms. The van der Waals surface area contributed by atoms with Gasteiger partial charge < -0.3 is 11.1 Å². The molecule has 0 heterocycles. The number of carbonyl (C=O) groups is 1. The molecule has 1 rings (SSSR count). The van der Waals surface area contributed by atoms with E-state index >= 15 is 0 Å². The van der Waals surface area contributed by atoms with Crippen molar-refractivity contribution in [3.05, 3.63) is 39.7 Å². The molecule has 0 aliphatic rings. The number of non-ortho nitro benzene ring substituents is 1. The van der Waals surface area contributed by atoms with Crippen LogP contribution in [0.25, 0.3) is 0 Å². The van der Waals surface area contributed by atoms with Gasteiger partial charge in [0.2, 0.25) is 0 Å². The summed E-state index contributed by atoms with van der Waals surface area (Å²) in [5.74, 6) is -1.20. The van der Waals surface area contributed by atoms with Gasteiger partial charge in [-0.25, -0.2) is 4.39 Å². The fourth-order valence-electron chi connectivity index (χ4n) is 1.85. The highest BCUT2D eigenvalue weighted by atomic mass is 19.1. The van der Waals surface area contributed by atoms with Crippen LogP contribution in [0.1, 0.15) is 30.6 Å². The molecule has 6 nitrogen and oxygen atoms in total. The number of amides is 1. The van der Waals surface area contributed by atoms with E-state index in [9.17, 15) is 19.3 Å². The van der Waals surface area contributed by atoms with Crippen molar-refractivity contribution in [2.75, 3.05) is 6.54 Å². The molecule has 0 spiro atoms.